The van der Waals surface area contributed by atoms with Crippen molar-refractivity contribution in [1.29, 1.82) is 0 Å². The molecule has 0 saturated heterocycles. The molecule has 1 aromatic carbocycles. The Morgan fingerprint density at radius 1 is 1.16 bits per heavy atom. The van der Waals surface area contributed by atoms with E-state index in [1.54, 1.807) is 0 Å². The topological polar surface area (TPSA) is 20.2 Å². The van der Waals surface area contributed by atoms with E-state index in [0.29, 0.717) is 22.5 Å². The van der Waals surface area contributed by atoms with Crippen molar-refractivity contribution in [3.63, 3.8) is 0 Å². The van der Waals surface area contributed by atoms with Crippen molar-refractivity contribution < 1.29 is 5.11 Å². The van der Waals surface area contributed by atoms with Gasteiger partial charge in [-0.1, -0.05) is 32.9 Å². The monoisotopic (exact) mass is 258 g/mol. The number of fused-ring (bicyclic) bond motifs is 2. The molecule has 2 bridgehead atoms. The van der Waals surface area contributed by atoms with Gasteiger partial charge < -0.3 is 5.11 Å². The average molecular weight is 258 g/mol. The summed E-state index contributed by atoms with van der Waals surface area (Å²) >= 11 is 0. The van der Waals surface area contributed by atoms with Crippen molar-refractivity contribution in [1.82, 2.24) is 0 Å². The Kier molecular flexibility index (Phi) is 2.59. The molecule has 19 heavy (non-hydrogen) atoms. The lowest BCUT2D eigenvalue weighted by atomic mass is 9.65. The summed E-state index contributed by atoms with van der Waals surface area (Å²) in [7, 11) is 0. The van der Waals surface area contributed by atoms with E-state index in [1.807, 2.05) is 6.92 Å². The van der Waals surface area contributed by atoms with E-state index < -0.39 is 0 Å². The summed E-state index contributed by atoms with van der Waals surface area (Å²) in [6, 6.07) is 4.34. The average Bonchev–Trinajstić information content (AvgIpc) is 2.69. The number of aromatic hydroxyl groups is 1. The highest BCUT2D eigenvalue weighted by atomic mass is 16.3. The van der Waals surface area contributed by atoms with Gasteiger partial charge in [0, 0.05) is 0 Å². The largest absolute Gasteiger partial charge is 0.507 e. The van der Waals surface area contributed by atoms with Crippen molar-refractivity contribution in [2.75, 3.05) is 0 Å². The number of phenols is 1. The van der Waals surface area contributed by atoms with Crippen LogP contribution < -0.4 is 0 Å². The highest BCUT2D eigenvalue weighted by molar-refractivity contribution is 5.47. The van der Waals surface area contributed by atoms with Crippen LogP contribution in [0.3, 0.4) is 0 Å². The van der Waals surface area contributed by atoms with Gasteiger partial charge in [-0.25, -0.2) is 0 Å². The maximum Gasteiger partial charge on any atom is 0.122 e. The minimum atomic E-state index is 0.344. The van der Waals surface area contributed by atoms with E-state index in [4.69, 9.17) is 0 Å². The highest BCUT2D eigenvalue weighted by Crippen LogP contribution is 2.71. The maximum atomic E-state index is 10.6. The predicted octanol–water partition coefficient (Wildman–Crippen LogP) is 4.94. The molecule has 3 rings (SSSR count). The lowest BCUT2D eigenvalue weighted by Crippen LogP contribution is -2.31. The first-order valence-electron chi connectivity index (χ1n) is 7.58. The first-order chi connectivity index (χ1) is 8.79. The molecule has 2 saturated carbocycles. The third-order valence-electron chi connectivity index (χ3n) is 6.90. The normalized spacial score (nSPS) is 35.8. The van der Waals surface area contributed by atoms with E-state index in [2.05, 4.69) is 39.8 Å². The van der Waals surface area contributed by atoms with Crippen LogP contribution in [0, 0.1) is 30.6 Å². The quantitative estimate of drug-likeness (QED) is 0.756. The molecule has 1 nitrogen and oxygen atoms in total. The zero-order valence-corrected chi connectivity index (χ0v) is 12.9. The molecular formula is C18H26O. The van der Waals surface area contributed by atoms with Crippen LogP contribution in [-0.4, -0.2) is 5.11 Å². The zero-order valence-electron chi connectivity index (χ0n) is 12.9. The first kappa shape index (κ1) is 13.0. The number of hydrogen-bond donors (Lipinski definition) is 1. The second-order valence-electron chi connectivity index (χ2n) is 7.61. The molecule has 1 aromatic rings. The van der Waals surface area contributed by atoms with Crippen molar-refractivity contribution in [3.8, 4) is 5.75 Å². The van der Waals surface area contributed by atoms with Crippen molar-refractivity contribution in [3.05, 3.63) is 28.8 Å². The Bertz CT molecular complexity index is 529. The first-order valence-corrected chi connectivity index (χ1v) is 7.58. The number of benzene rings is 1. The van der Waals surface area contributed by atoms with Gasteiger partial charge in [0.25, 0.3) is 0 Å². The van der Waals surface area contributed by atoms with Crippen molar-refractivity contribution in [2.24, 2.45) is 16.7 Å². The summed E-state index contributed by atoms with van der Waals surface area (Å²) < 4.78 is 0. The van der Waals surface area contributed by atoms with Gasteiger partial charge in [-0.15, -0.1) is 0 Å². The summed E-state index contributed by atoms with van der Waals surface area (Å²) in [5.41, 5.74) is 4.19. The van der Waals surface area contributed by atoms with Crippen LogP contribution in [0.25, 0.3) is 0 Å². The standard InChI is InChI=1S/C18H26O/c1-11-6-7-14(16(19)12(11)2)15-10-13-8-9-18(15,5)17(13,3)4/h6-7,13,15,19H,8-10H2,1-5H3/t13-,15+,18+/m1/s1. The molecule has 0 heterocycles. The van der Waals surface area contributed by atoms with Crippen LogP contribution in [0.5, 0.6) is 5.75 Å². The van der Waals surface area contributed by atoms with Crippen LogP contribution in [0.2, 0.25) is 0 Å². The number of aryl methyl sites for hydroxylation is 1. The number of rotatable bonds is 1. The third-order valence-corrected chi connectivity index (χ3v) is 6.90. The smallest absolute Gasteiger partial charge is 0.122 e. The van der Waals surface area contributed by atoms with Crippen LogP contribution in [-0.2, 0) is 0 Å². The van der Waals surface area contributed by atoms with Gasteiger partial charge in [0.2, 0.25) is 0 Å². The molecular weight excluding hydrogens is 232 g/mol. The van der Waals surface area contributed by atoms with Gasteiger partial charge in [0.15, 0.2) is 0 Å². The second kappa shape index (κ2) is 3.77. The Hall–Kier alpha value is -0.980. The lowest BCUT2D eigenvalue weighted by Gasteiger charge is -2.40. The molecule has 1 heteroatoms. The van der Waals surface area contributed by atoms with Crippen molar-refractivity contribution >= 4 is 0 Å². The van der Waals surface area contributed by atoms with Crippen LogP contribution >= 0.6 is 0 Å². The maximum absolute atomic E-state index is 10.6. The fraction of sp³-hybridized carbons (Fsp3) is 0.667. The van der Waals surface area contributed by atoms with Crippen LogP contribution in [0.15, 0.2) is 12.1 Å². The molecule has 2 aliphatic carbocycles. The molecule has 3 atom stereocenters. The zero-order chi connectivity index (χ0) is 14.0. The molecule has 0 aliphatic heterocycles. The van der Waals surface area contributed by atoms with E-state index in [0.717, 1.165) is 11.5 Å². The molecule has 0 radical (unpaired) electrons. The van der Waals surface area contributed by atoms with E-state index >= 15 is 0 Å². The highest BCUT2D eigenvalue weighted by Gasteiger charge is 2.61. The third kappa shape index (κ3) is 1.48. The summed E-state index contributed by atoms with van der Waals surface area (Å²) in [6.45, 7) is 11.4. The Labute approximate surface area is 117 Å². The Morgan fingerprint density at radius 2 is 1.84 bits per heavy atom. The van der Waals surface area contributed by atoms with Crippen molar-refractivity contribution in [2.45, 2.75) is 59.8 Å². The summed E-state index contributed by atoms with van der Waals surface area (Å²) in [5.74, 6) is 1.90. The molecule has 1 N–H and O–H groups in total. The predicted molar refractivity (Wildman–Crippen MR) is 79.6 cm³/mol. The van der Waals surface area contributed by atoms with E-state index in [9.17, 15) is 5.11 Å². The molecule has 0 spiro atoms. The Balaban J connectivity index is 2.09. The molecule has 104 valence electrons. The van der Waals surface area contributed by atoms with Gasteiger partial charge >= 0.3 is 0 Å². The molecule has 2 fully saturated rings. The number of phenolic OH excluding ortho intramolecular Hbond substituents is 1. The van der Waals surface area contributed by atoms with E-state index in [-0.39, 0.29) is 0 Å². The second-order valence-corrected chi connectivity index (χ2v) is 7.61. The minimum Gasteiger partial charge on any atom is -0.507 e. The summed E-state index contributed by atoms with van der Waals surface area (Å²) in [4.78, 5) is 0. The summed E-state index contributed by atoms with van der Waals surface area (Å²) in [5, 5.41) is 10.6. The van der Waals surface area contributed by atoms with Crippen LogP contribution in [0.1, 0.15) is 62.6 Å². The molecule has 2 aliphatic rings. The molecule has 0 unspecified atom stereocenters. The van der Waals surface area contributed by atoms with Gasteiger partial charge in [-0.05, 0) is 72.5 Å². The molecule has 0 amide bonds. The minimum absolute atomic E-state index is 0.344. The van der Waals surface area contributed by atoms with Gasteiger partial charge in [-0.3, -0.25) is 0 Å². The fourth-order valence-electron chi connectivity index (χ4n) is 4.78. The van der Waals surface area contributed by atoms with Gasteiger partial charge in [-0.2, -0.15) is 0 Å². The Morgan fingerprint density at radius 3 is 2.37 bits per heavy atom. The summed E-state index contributed by atoms with van der Waals surface area (Å²) in [6.07, 6.45) is 3.92. The lowest BCUT2D eigenvalue weighted by molar-refractivity contribution is 0.133. The fourth-order valence-corrected chi connectivity index (χ4v) is 4.78. The van der Waals surface area contributed by atoms with Gasteiger partial charge in [0.05, 0.1) is 0 Å². The van der Waals surface area contributed by atoms with E-state index in [1.165, 1.54) is 30.4 Å². The molecule has 0 aromatic heterocycles. The number of hydrogen-bond acceptors (Lipinski definition) is 1. The van der Waals surface area contributed by atoms with Gasteiger partial charge in [0.1, 0.15) is 5.75 Å². The van der Waals surface area contributed by atoms with Crippen LogP contribution in [0.4, 0.5) is 0 Å². The SMILES string of the molecule is Cc1ccc([C@@H]2C[C@H]3CC[C@]2(C)C3(C)C)c(O)c1C.